The predicted molar refractivity (Wildman–Crippen MR) is 64.0 cm³/mol. The minimum Gasteiger partial charge on any atom is -0.294 e. The van der Waals surface area contributed by atoms with Gasteiger partial charge in [0, 0.05) is 12.0 Å². The lowest BCUT2D eigenvalue weighted by Gasteiger charge is -2.14. The molecule has 0 unspecified atom stereocenters. The van der Waals surface area contributed by atoms with Gasteiger partial charge in [0.1, 0.15) is 11.6 Å². The van der Waals surface area contributed by atoms with Crippen LogP contribution in [-0.2, 0) is 0 Å². The number of ketones is 1. The molecule has 0 saturated heterocycles. The topological polar surface area (TPSA) is 17.1 Å². The van der Waals surface area contributed by atoms with E-state index in [1.807, 2.05) is 13.8 Å². The van der Waals surface area contributed by atoms with E-state index in [2.05, 4.69) is 0 Å². The lowest BCUT2D eigenvalue weighted by atomic mass is 9.89. The van der Waals surface area contributed by atoms with Crippen molar-refractivity contribution in [2.75, 3.05) is 0 Å². The second kappa shape index (κ2) is 6.48. The summed E-state index contributed by atoms with van der Waals surface area (Å²) in [6, 6.07) is 3.14. The van der Waals surface area contributed by atoms with Crippen molar-refractivity contribution in [1.29, 1.82) is 0 Å². The van der Waals surface area contributed by atoms with Gasteiger partial charge in [-0.2, -0.15) is 0 Å². The maximum Gasteiger partial charge on any atom is 0.168 e. The van der Waals surface area contributed by atoms with E-state index < -0.39 is 11.6 Å². The summed E-state index contributed by atoms with van der Waals surface area (Å²) < 4.78 is 26.2. The highest BCUT2D eigenvalue weighted by molar-refractivity contribution is 5.98. The summed E-state index contributed by atoms with van der Waals surface area (Å²) in [6.07, 6.45) is 3.28. The van der Waals surface area contributed by atoms with Gasteiger partial charge >= 0.3 is 0 Å². The zero-order valence-corrected chi connectivity index (χ0v) is 10.3. The molecule has 0 atom stereocenters. The molecule has 0 saturated carbocycles. The van der Waals surface area contributed by atoms with E-state index in [4.69, 9.17) is 0 Å². The van der Waals surface area contributed by atoms with Crippen LogP contribution in [-0.4, -0.2) is 5.78 Å². The van der Waals surface area contributed by atoms with Crippen molar-refractivity contribution in [3.63, 3.8) is 0 Å². The number of halogens is 2. The molecular formula is C14H18F2O. The Kier molecular flexibility index (Phi) is 5.26. The highest BCUT2D eigenvalue weighted by Gasteiger charge is 2.21. The van der Waals surface area contributed by atoms with Crippen LogP contribution >= 0.6 is 0 Å². The van der Waals surface area contributed by atoms with Crippen molar-refractivity contribution in [2.45, 2.75) is 39.5 Å². The van der Waals surface area contributed by atoms with Crippen LogP contribution < -0.4 is 0 Å². The van der Waals surface area contributed by atoms with Crippen LogP contribution in [0.15, 0.2) is 18.2 Å². The van der Waals surface area contributed by atoms with Gasteiger partial charge in [0.25, 0.3) is 0 Å². The fourth-order valence-corrected chi connectivity index (χ4v) is 2.01. The Hall–Kier alpha value is -1.25. The molecule has 0 heterocycles. The first-order chi connectivity index (χ1) is 8.10. The highest BCUT2D eigenvalue weighted by Crippen LogP contribution is 2.21. The third kappa shape index (κ3) is 3.62. The van der Waals surface area contributed by atoms with Gasteiger partial charge in [0.2, 0.25) is 0 Å². The van der Waals surface area contributed by atoms with E-state index >= 15 is 0 Å². The lowest BCUT2D eigenvalue weighted by Crippen LogP contribution is -2.16. The molecule has 1 nitrogen and oxygen atoms in total. The number of hydrogen-bond donors (Lipinski definition) is 0. The molecule has 0 aliphatic rings. The second-order valence-corrected chi connectivity index (χ2v) is 4.26. The van der Waals surface area contributed by atoms with Gasteiger partial charge in [0.15, 0.2) is 5.78 Å². The standard InChI is InChI=1S/C14H18F2O/c1-3-5-10(6-4-2)14(17)12-8-7-11(15)9-13(12)16/h7-10H,3-6H2,1-2H3. The number of rotatable bonds is 6. The zero-order valence-electron chi connectivity index (χ0n) is 10.3. The first kappa shape index (κ1) is 13.8. The molecule has 17 heavy (non-hydrogen) atoms. The number of carbonyl (C=O) groups is 1. The van der Waals surface area contributed by atoms with Crippen molar-refractivity contribution in [3.8, 4) is 0 Å². The Morgan fingerprint density at radius 3 is 2.24 bits per heavy atom. The van der Waals surface area contributed by atoms with E-state index in [0.717, 1.165) is 37.8 Å². The SMILES string of the molecule is CCCC(CCC)C(=O)c1ccc(F)cc1F. The fraction of sp³-hybridized carbons (Fsp3) is 0.500. The number of Topliss-reactive ketones (excluding diaryl/α,β-unsaturated/α-hetero) is 1. The molecule has 94 valence electrons. The van der Waals surface area contributed by atoms with Gasteiger partial charge in [-0.15, -0.1) is 0 Å². The molecule has 1 aromatic rings. The fourth-order valence-electron chi connectivity index (χ4n) is 2.01. The Morgan fingerprint density at radius 1 is 1.18 bits per heavy atom. The first-order valence-electron chi connectivity index (χ1n) is 6.09. The maximum atomic E-state index is 13.5. The van der Waals surface area contributed by atoms with Gasteiger partial charge in [-0.05, 0) is 25.0 Å². The van der Waals surface area contributed by atoms with Crippen LogP contribution in [0.3, 0.4) is 0 Å². The molecule has 3 heteroatoms. The quantitative estimate of drug-likeness (QED) is 0.675. The minimum atomic E-state index is -0.757. The Balaban J connectivity index is 2.92. The van der Waals surface area contributed by atoms with E-state index in [-0.39, 0.29) is 17.3 Å². The molecule has 1 rings (SSSR count). The largest absolute Gasteiger partial charge is 0.294 e. The molecule has 0 spiro atoms. The summed E-state index contributed by atoms with van der Waals surface area (Å²) in [5, 5.41) is 0. The van der Waals surface area contributed by atoms with Crippen LogP contribution in [0, 0.1) is 17.6 Å². The minimum absolute atomic E-state index is 0.0123. The van der Waals surface area contributed by atoms with E-state index in [1.165, 1.54) is 6.07 Å². The summed E-state index contributed by atoms with van der Waals surface area (Å²) in [5.41, 5.74) is 0.0123. The summed E-state index contributed by atoms with van der Waals surface area (Å²) >= 11 is 0. The summed E-state index contributed by atoms with van der Waals surface area (Å²) in [7, 11) is 0. The average molecular weight is 240 g/mol. The molecule has 0 radical (unpaired) electrons. The molecule has 0 bridgehead atoms. The smallest absolute Gasteiger partial charge is 0.168 e. The summed E-state index contributed by atoms with van der Waals surface area (Å²) in [4.78, 5) is 12.1. The van der Waals surface area contributed by atoms with Crippen LogP contribution in [0.1, 0.15) is 49.9 Å². The molecule has 0 fully saturated rings. The van der Waals surface area contributed by atoms with E-state index in [0.29, 0.717) is 0 Å². The van der Waals surface area contributed by atoms with Gasteiger partial charge in [-0.3, -0.25) is 4.79 Å². The predicted octanol–water partition coefficient (Wildman–Crippen LogP) is 4.36. The second-order valence-electron chi connectivity index (χ2n) is 4.26. The van der Waals surface area contributed by atoms with Crippen LogP contribution in [0.5, 0.6) is 0 Å². The Bertz CT molecular complexity index is 382. The van der Waals surface area contributed by atoms with Crippen LogP contribution in [0.4, 0.5) is 8.78 Å². The molecule has 1 aromatic carbocycles. The molecule has 0 N–H and O–H groups in total. The molecule has 0 aliphatic carbocycles. The van der Waals surface area contributed by atoms with Crippen molar-refractivity contribution in [3.05, 3.63) is 35.4 Å². The maximum absolute atomic E-state index is 13.5. The van der Waals surface area contributed by atoms with E-state index in [9.17, 15) is 13.6 Å². The van der Waals surface area contributed by atoms with Crippen molar-refractivity contribution in [2.24, 2.45) is 5.92 Å². The average Bonchev–Trinajstić information content (AvgIpc) is 2.28. The zero-order chi connectivity index (χ0) is 12.8. The van der Waals surface area contributed by atoms with Gasteiger partial charge in [-0.1, -0.05) is 26.7 Å². The van der Waals surface area contributed by atoms with Crippen molar-refractivity contribution >= 4 is 5.78 Å². The van der Waals surface area contributed by atoms with Gasteiger partial charge in [-0.25, -0.2) is 8.78 Å². The Labute approximate surface area is 101 Å². The molecule has 0 amide bonds. The lowest BCUT2D eigenvalue weighted by molar-refractivity contribution is 0.0900. The number of benzene rings is 1. The normalized spacial score (nSPS) is 10.9. The third-order valence-electron chi connectivity index (χ3n) is 2.84. The number of hydrogen-bond acceptors (Lipinski definition) is 1. The molecule has 0 aliphatic heterocycles. The van der Waals surface area contributed by atoms with Crippen molar-refractivity contribution < 1.29 is 13.6 Å². The first-order valence-corrected chi connectivity index (χ1v) is 6.09. The van der Waals surface area contributed by atoms with Crippen LogP contribution in [0.2, 0.25) is 0 Å². The highest BCUT2D eigenvalue weighted by atomic mass is 19.1. The van der Waals surface area contributed by atoms with Crippen molar-refractivity contribution in [1.82, 2.24) is 0 Å². The molecular weight excluding hydrogens is 222 g/mol. The summed E-state index contributed by atoms with van der Waals surface area (Å²) in [5.74, 6) is -1.76. The monoisotopic (exact) mass is 240 g/mol. The summed E-state index contributed by atoms with van der Waals surface area (Å²) in [6.45, 7) is 3.99. The molecule has 0 aromatic heterocycles. The van der Waals surface area contributed by atoms with E-state index in [1.54, 1.807) is 0 Å². The number of carbonyl (C=O) groups excluding carboxylic acids is 1. The van der Waals surface area contributed by atoms with Crippen LogP contribution in [0.25, 0.3) is 0 Å². The Morgan fingerprint density at radius 2 is 1.76 bits per heavy atom. The third-order valence-corrected chi connectivity index (χ3v) is 2.84. The van der Waals surface area contributed by atoms with Gasteiger partial charge < -0.3 is 0 Å². The van der Waals surface area contributed by atoms with Gasteiger partial charge in [0.05, 0.1) is 5.56 Å².